The lowest BCUT2D eigenvalue weighted by atomic mass is 10.2. The van der Waals surface area contributed by atoms with Crippen LogP contribution >= 0.6 is 0 Å². The maximum absolute atomic E-state index is 12.7. The van der Waals surface area contributed by atoms with E-state index in [1.165, 1.54) is 12.4 Å². The minimum absolute atomic E-state index is 0.211. The molecular formula is C11H21FN2OSi. The zero-order valence-corrected chi connectivity index (χ0v) is 11.7. The number of aromatic nitrogens is 2. The van der Waals surface area contributed by atoms with Gasteiger partial charge in [0.05, 0.1) is 25.5 Å². The van der Waals surface area contributed by atoms with Gasteiger partial charge >= 0.3 is 0 Å². The van der Waals surface area contributed by atoms with E-state index in [1.54, 1.807) is 4.68 Å². The fraction of sp³-hybridized carbons (Fsp3) is 0.727. The van der Waals surface area contributed by atoms with Crippen LogP contribution in [-0.4, -0.2) is 24.7 Å². The van der Waals surface area contributed by atoms with Crippen LogP contribution in [-0.2, 0) is 11.0 Å². The van der Waals surface area contributed by atoms with E-state index in [2.05, 4.69) is 39.0 Å². The Kier molecular flexibility index (Phi) is 3.91. The molecule has 0 unspecified atom stereocenters. The highest BCUT2D eigenvalue weighted by molar-refractivity contribution is 6.74. The van der Waals surface area contributed by atoms with Crippen molar-refractivity contribution >= 4 is 8.32 Å². The van der Waals surface area contributed by atoms with E-state index in [9.17, 15) is 4.39 Å². The summed E-state index contributed by atoms with van der Waals surface area (Å²) in [6, 6.07) is 0. The molecule has 92 valence electrons. The van der Waals surface area contributed by atoms with Gasteiger partial charge in [-0.2, -0.15) is 5.10 Å². The summed E-state index contributed by atoms with van der Waals surface area (Å²) in [7, 11) is -1.69. The van der Waals surface area contributed by atoms with Gasteiger partial charge in [0.25, 0.3) is 0 Å². The Morgan fingerprint density at radius 1 is 1.44 bits per heavy atom. The van der Waals surface area contributed by atoms with Crippen molar-refractivity contribution in [2.45, 2.75) is 45.4 Å². The third-order valence-electron chi connectivity index (χ3n) is 3.19. The number of nitrogens with zero attached hydrogens (tertiary/aromatic N) is 2. The molecule has 5 heteroatoms. The quantitative estimate of drug-likeness (QED) is 0.761. The van der Waals surface area contributed by atoms with Crippen LogP contribution in [0.3, 0.4) is 0 Å². The second kappa shape index (κ2) is 4.67. The van der Waals surface area contributed by atoms with E-state index >= 15 is 0 Å². The van der Waals surface area contributed by atoms with Gasteiger partial charge in [-0.3, -0.25) is 4.68 Å². The number of hydrogen-bond acceptors (Lipinski definition) is 2. The molecule has 0 saturated carbocycles. The molecule has 0 atom stereocenters. The molecule has 1 aromatic rings. The lowest BCUT2D eigenvalue weighted by Crippen LogP contribution is -2.41. The van der Waals surface area contributed by atoms with Crippen molar-refractivity contribution in [1.29, 1.82) is 0 Å². The third kappa shape index (κ3) is 3.42. The molecule has 3 nitrogen and oxygen atoms in total. The van der Waals surface area contributed by atoms with Crippen LogP contribution in [0.4, 0.5) is 4.39 Å². The first kappa shape index (κ1) is 13.4. The first-order valence-electron chi connectivity index (χ1n) is 5.54. The molecule has 0 saturated heterocycles. The number of hydrogen-bond donors (Lipinski definition) is 0. The van der Waals surface area contributed by atoms with Crippen molar-refractivity contribution < 1.29 is 8.82 Å². The SMILES string of the molecule is CC(C)(C)[Si](C)(C)OCCn1cc(F)cn1. The van der Waals surface area contributed by atoms with Crippen LogP contribution in [0.5, 0.6) is 0 Å². The summed E-state index contributed by atoms with van der Waals surface area (Å²) in [6.45, 7) is 12.2. The molecule has 0 aromatic carbocycles. The summed E-state index contributed by atoms with van der Waals surface area (Å²) in [5, 5.41) is 4.09. The molecule has 1 aromatic heterocycles. The van der Waals surface area contributed by atoms with Crippen molar-refractivity contribution in [1.82, 2.24) is 9.78 Å². The molecule has 0 aliphatic rings. The molecule has 0 N–H and O–H groups in total. The molecule has 0 fully saturated rings. The Bertz CT molecular complexity index is 344. The van der Waals surface area contributed by atoms with Gasteiger partial charge in [-0.05, 0) is 18.1 Å². The first-order valence-corrected chi connectivity index (χ1v) is 8.45. The molecule has 16 heavy (non-hydrogen) atoms. The largest absolute Gasteiger partial charge is 0.415 e. The van der Waals surface area contributed by atoms with Crippen molar-refractivity contribution in [3.05, 3.63) is 18.2 Å². The standard InChI is InChI=1S/C11H21FN2OSi/c1-11(2,3)16(4,5)15-7-6-14-9-10(12)8-13-14/h8-9H,6-7H2,1-5H3. The molecule has 0 aliphatic heterocycles. The highest BCUT2D eigenvalue weighted by Crippen LogP contribution is 2.36. The minimum atomic E-state index is -1.69. The number of halogens is 1. The molecular weight excluding hydrogens is 223 g/mol. The fourth-order valence-corrected chi connectivity index (χ4v) is 2.11. The van der Waals surface area contributed by atoms with Crippen LogP contribution in [0.25, 0.3) is 0 Å². The van der Waals surface area contributed by atoms with E-state index in [0.717, 1.165) is 0 Å². The molecule has 0 bridgehead atoms. The van der Waals surface area contributed by atoms with Crippen molar-refractivity contribution in [2.75, 3.05) is 6.61 Å². The lowest BCUT2D eigenvalue weighted by Gasteiger charge is -2.36. The zero-order chi connectivity index (χ0) is 12.4. The molecule has 1 rings (SSSR count). The first-order chi connectivity index (χ1) is 7.22. The van der Waals surface area contributed by atoms with Crippen LogP contribution in [0.15, 0.2) is 12.4 Å². The summed E-state index contributed by atoms with van der Waals surface area (Å²) in [5.41, 5.74) is 0. The second-order valence-electron chi connectivity index (χ2n) is 5.53. The van der Waals surface area contributed by atoms with E-state index in [1.807, 2.05) is 0 Å². The fourth-order valence-electron chi connectivity index (χ4n) is 1.07. The van der Waals surface area contributed by atoms with Crippen molar-refractivity contribution in [3.8, 4) is 0 Å². The molecule has 0 spiro atoms. The van der Waals surface area contributed by atoms with E-state index in [0.29, 0.717) is 13.2 Å². The van der Waals surface area contributed by atoms with Gasteiger partial charge in [-0.25, -0.2) is 4.39 Å². The number of rotatable bonds is 4. The minimum Gasteiger partial charge on any atom is -0.415 e. The van der Waals surface area contributed by atoms with Crippen LogP contribution in [0.1, 0.15) is 20.8 Å². The van der Waals surface area contributed by atoms with Gasteiger partial charge in [0.15, 0.2) is 14.1 Å². The summed E-state index contributed by atoms with van der Waals surface area (Å²) >= 11 is 0. The Labute approximate surface area is 97.7 Å². The van der Waals surface area contributed by atoms with Gasteiger partial charge in [-0.15, -0.1) is 0 Å². The third-order valence-corrected chi connectivity index (χ3v) is 7.73. The Balaban J connectivity index is 2.41. The highest BCUT2D eigenvalue weighted by atomic mass is 28.4. The Morgan fingerprint density at radius 2 is 2.06 bits per heavy atom. The maximum Gasteiger partial charge on any atom is 0.192 e. The van der Waals surface area contributed by atoms with Gasteiger partial charge in [0.1, 0.15) is 0 Å². The monoisotopic (exact) mass is 244 g/mol. The Morgan fingerprint density at radius 3 is 2.50 bits per heavy atom. The lowest BCUT2D eigenvalue weighted by molar-refractivity contribution is 0.266. The van der Waals surface area contributed by atoms with Gasteiger partial charge in [0.2, 0.25) is 0 Å². The maximum atomic E-state index is 12.7. The summed E-state index contributed by atoms with van der Waals surface area (Å²) in [5.74, 6) is -0.299. The second-order valence-corrected chi connectivity index (χ2v) is 10.3. The smallest absolute Gasteiger partial charge is 0.192 e. The predicted octanol–water partition coefficient (Wildman–Crippen LogP) is 3.04. The van der Waals surface area contributed by atoms with Crippen LogP contribution < -0.4 is 0 Å². The molecule has 1 heterocycles. The molecule has 0 amide bonds. The van der Waals surface area contributed by atoms with Gasteiger partial charge in [-0.1, -0.05) is 20.8 Å². The predicted molar refractivity (Wildman–Crippen MR) is 65.3 cm³/mol. The highest BCUT2D eigenvalue weighted by Gasteiger charge is 2.36. The zero-order valence-electron chi connectivity index (χ0n) is 10.7. The molecule has 0 radical (unpaired) electrons. The average molecular weight is 244 g/mol. The summed E-state index contributed by atoms with van der Waals surface area (Å²) in [4.78, 5) is 0. The van der Waals surface area contributed by atoms with Crippen LogP contribution in [0.2, 0.25) is 18.1 Å². The van der Waals surface area contributed by atoms with E-state index in [4.69, 9.17) is 4.43 Å². The van der Waals surface area contributed by atoms with E-state index in [-0.39, 0.29) is 10.9 Å². The molecule has 0 aliphatic carbocycles. The van der Waals surface area contributed by atoms with Crippen molar-refractivity contribution in [3.63, 3.8) is 0 Å². The van der Waals surface area contributed by atoms with E-state index < -0.39 is 8.32 Å². The summed E-state index contributed by atoms with van der Waals surface area (Å²) in [6.07, 6.45) is 2.60. The van der Waals surface area contributed by atoms with Crippen molar-refractivity contribution in [2.24, 2.45) is 0 Å². The normalized spacial score (nSPS) is 13.1. The Hall–Kier alpha value is -0.683. The van der Waals surface area contributed by atoms with Gasteiger partial charge < -0.3 is 4.43 Å². The average Bonchev–Trinajstić information content (AvgIpc) is 2.49. The van der Waals surface area contributed by atoms with Gasteiger partial charge in [0, 0.05) is 0 Å². The summed E-state index contributed by atoms with van der Waals surface area (Å²) < 4.78 is 20.2. The van der Waals surface area contributed by atoms with Crippen LogP contribution in [0, 0.1) is 5.82 Å². The topological polar surface area (TPSA) is 27.1 Å².